The first kappa shape index (κ1) is 19.6. The van der Waals surface area contributed by atoms with E-state index in [0.717, 1.165) is 22.6 Å². The van der Waals surface area contributed by atoms with Crippen molar-refractivity contribution in [2.45, 2.75) is 12.8 Å². The van der Waals surface area contributed by atoms with Gasteiger partial charge in [0.25, 0.3) is 0 Å². The number of carbonyl (C=O) groups is 1. The Hall–Kier alpha value is -3.13. The van der Waals surface area contributed by atoms with Gasteiger partial charge in [0.1, 0.15) is 12.4 Å². The van der Waals surface area contributed by atoms with E-state index in [-0.39, 0.29) is 23.1 Å². The Morgan fingerprint density at radius 2 is 2.04 bits per heavy atom. The van der Waals surface area contributed by atoms with E-state index in [2.05, 4.69) is 9.97 Å². The number of aromatic nitrogens is 2. The monoisotopic (exact) mass is 399 g/mol. The Labute approximate surface area is 166 Å². The number of nitrogens with one attached hydrogen (secondary N) is 1. The summed E-state index contributed by atoms with van der Waals surface area (Å²) in [6.07, 6.45) is 2.41. The standard InChI is InChI=1S/C20H21N3O4S/c1-23(18(24)13-15-4-2-3-9-21-15)10-11-27-16-7-5-14(6-8-16)12-17-19(25)22-20(26)28-17/h2-9,25H,10-13H2,1H3,(H,22,26). The van der Waals surface area contributed by atoms with Gasteiger partial charge in [-0.2, -0.15) is 0 Å². The molecule has 2 N–H and O–H groups in total. The number of H-pyrrole nitrogens is 1. The van der Waals surface area contributed by atoms with Gasteiger partial charge in [0.15, 0.2) is 0 Å². The normalized spacial score (nSPS) is 10.6. The van der Waals surface area contributed by atoms with Gasteiger partial charge in [-0.3, -0.25) is 19.6 Å². The van der Waals surface area contributed by atoms with Crippen LogP contribution in [0.5, 0.6) is 11.6 Å². The maximum atomic E-state index is 12.2. The molecule has 0 aliphatic heterocycles. The molecule has 28 heavy (non-hydrogen) atoms. The molecule has 2 heterocycles. The van der Waals surface area contributed by atoms with E-state index in [4.69, 9.17) is 4.74 Å². The third kappa shape index (κ3) is 5.43. The van der Waals surface area contributed by atoms with Gasteiger partial charge in [0.05, 0.1) is 17.8 Å². The molecule has 7 nitrogen and oxygen atoms in total. The number of carbonyl (C=O) groups excluding carboxylic acids is 1. The molecular formula is C20H21N3O4S. The molecule has 0 saturated heterocycles. The lowest BCUT2D eigenvalue weighted by atomic mass is 10.1. The minimum Gasteiger partial charge on any atom is -0.494 e. The van der Waals surface area contributed by atoms with Gasteiger partial charge in [-0.15, -0.1) is 0 Å². The first-order chi connectivity index (χ1) is 13.5. The number of thiazole rings is 1. The third-order valence-electron chi connectivity index (χ3n) is 4.17. The Balaban J connectivity index is 1.45. The van der Waals surface area contributed by atoms with Crippen molar-refractivity contribution in [3.05, 3.63) is 74.5 Å². The molecule has 0 spiro atoms. The predicted molar refractivity (Wildman–Crippen MR) is 107 cm³/mol. The molecule has 0 radical (unpaired) electrons. The van der Waals surface area contributed by atoms with Crippen LogP contribution in [-0.4, -0.2) is 46.1 Å². The second-order valence-electron chi connectivity index (χ2n) is 6.27. The molecule has 2 aromatic heterocycles. The summed E-state index contributed by atoms with van der Waals surface area (Å²) in [6, 6.07) is 12.9. The lowest BCUT2D eigenvalue weighted by Gasteiger charge is -2.17. The Morgan fingerprint density at radius 1 is 1.25 bits per heavy atom. The minimum atomic E-state index is -0.269. The van der Waals surface area contributed by atoms with Gasteiger partial charge >= 0.3 is 4.87 Å². The fourth-order valence-corrected chi connectivity index (χ4v) is 3.34. The SMILES string of the molecule is CN(CCOc1ccc(Cc2sc(=O)[nH]c2O)cc1)C(=O)Cc1ccccn1. The summed E-state index contributed by atoms with van der Waals surface area (Å²) in [6.45, 7) is 0.850. The van der Waals surface area contributed by atoms with Crippen LogP contribution in [0.3, 0.4) is 0 Å². The first-order valence-corrected chi connectivity index (χ1v) is 9.59. The number of ether oxygens (including phenoxy) is 1. The highest BCUT2D eigenvalue weighted by Crippen LogP contribution is 2.21. The number of hydrogen-bond donors (Lipinski definition) is 2. The van der Waals surface area contributed by atoms with Crippen LogP contribution in [0.1, 0.15) is 16.1 Å². The molecule has 0 atom stereocenters. The number of benzene rings is 1. The van der Waals surface area contributed by atoms with Crippen molar-refractivity contribution < 1.29 is 14.6 Å². The van der Waals surface area contributed by atoms with Crippen molar-refractivity contribution in [2.24, 2.45) is 0 Å². The molecule has 146 valence electrons. The largest absolute Gasteiger partial charge is 0.494 e. The van der Waals surface area contributed by atoms with E-state index >= 15 is 0 Å². The average Bonchev–Trinajstić information content (AvgIpc) is 3.00. The number of amides is 1. The highest BCUT2D eigenvalue weighted by atomic mass is 32.1. The second kappa shape index (κ2) is 9.18. The van der Waals surface area contributed by atoms with Crippen molar-refractivity contribution in [1.29, 1.82) is 0 Å². The van der Waals surface area contributed by atoms with E-state index in [0.29, 0.717) is 30.2 Å². The van der Waals surface area contributed by atoms with Crippen molar-refractivity contribution in [1.82, 2.24) is 14.9 Å². The van der Waals surface area contributed by atoms with E-state index in [1.165, 1.54) is 0 Å². The van der Waals surface area contributed by atoms with Gasteiger partial charge in [0, 0.05) is 25.4 Å². The minimum absolute atomic E-state index is 0.0112. The van der Waals surface area contributed by atoms with Crippen LogP contribution < -0.4 is 9.61 Å². The number of nitrogens with zero attached hydrogens (tertiary/aromatic N) is 2. The Kier molecular flexibility index (Phi) is 6.44. The van der Waals surface area contributed by atoms with Crippen molar-refractivity contribution in [3.63, 3.8) is 0 Å². The summed E-state index contributed by atoms with van der Waals surface area (Å²) in [5, 5.41) is 9.65. The molecule has 1 amide bonds. The Bertz CT molecular complexity index is 967. The number of hydrogen-bond acceptors (Lipinski definition) is 6. The fraction of sp³-hybridized carbons (Fsp3) is 0.250. The average molecular weight is 399 g/mol. The van der Waals surface area contributed by atoms with Gasteiger partial charge in [-0.1, -0.05) is 29.5 Å². The highest BCUT2D eigenvalue weighted by Gasteiger charge is 2.11. The van der Waals surface area contributed by atoms with Crippen LogP contribution in [-0.2, 0) is 17.6 Å². The van der Waals surface area contributed by atoms with Crippen LogP contribution in [0.4, 0.5) is 0 Å². The number of pyridine rings is 1. The number of aromatic hydroxyl groups is 1. The number of aromatic amines is 1. The van der Waals surface area contributed by atoms with Gasteiger partial charge in [-0.05, 0) is 29.8 Å². The zero-order valence-corrected chi connectivity index (χ0v) is 16.2. The Morgan fingerprint density at radius 3 is 2.68 bits per heavy atom. The molecule has 0 aliphatic carbocycles. The summed E-state index contributed by atoms with van der Waals surface area (Å²) in [7, 11) is 1.74. The molecule has 0 bridgehead atoms. The van der Waals surface area contributed by atoms with Crippen LogP contribution >= 0.6 is 11.3 Å². The lowest BCUT2D eigenvalue weighted by molar-refractivity contribution is -0.129. The third-order valence-corrected chi connectivity index (χ3v) is 5.04. The van der Waals surface area contributed by atoms with Crippen LogP contribution in [0.2, 0.25) is 0 Å². The summed E-state index contributed by atoms with van der Waals surface area (Å²) in [5.41, 5.74) is 1.70. The van der Waals surface area contributed by atoms with Gasteiger partial charge in [-0.25, -0.2) is 0 Å². The molecule has 1 aromatic carbocycles. The molecule has 8 heteroatoms. The van der Waals surface area contributed by atoms with Crippen molar-refractivity contribution in [2.75, 3.05) is 20.2 Å². The van der Waals surface area contributed by atoms with Crippen molar-refractivity contribution in [3.8, 4) is 11.6 Å². The fourth-order valence-electron chi connectivity index (χ4n) is 2.58. The van der Waals surface area contributed by atoms with Crippen LogP contribution in [0, 0.1) is 0 Å². The van der Waals surface area contributed by atoms with E-state index in [1.807, 2.05) is 42.5 Å². The lowest BCUT2D eigenvalue weighted by Crippen LogP contribution is -2.32. The maximum absolute atomic E-state index is 12.2. The summed E-state index contributed by atoms with van der Waals surface area (Å²) in [5.74, 6) is 0.609. The zero-order valence-electron chi connectivity index (χ0n) is 15.4. The molecule has 0 unspecified atom stereocenters. The molecule has 0 fully saturated rings. The molecule has 0 aliphatic rings. The summed E-state index contributed by atoms with van der Waals surface area (Å²) >= 11 is 0.999. The van der Waals surface area contributed by atoms with Crippen LogP contribution in [0.15, 0.2) is 53.5 Å². The van der Waals surface area contributed by atoms with Gasteiger partial charge < -0.3 is 14.7 Å². The molecule has 3 rings (SSSR count). The number of rotatable bonds is 8. The predicted octanol–water partition coefficient (Wildman–Crippen LogP) is 2.21. The topological polar surface area (TPSA) is 95.5 Å². The van der Waals surface area contributed by atoms with E-state index in [1.54, 1.807) is 18.1 Å². The maximum Gasteiger partial charge on any atom is 0.307 e. The molecule has 0 saturated carbocycles. The highest BCUT2D eigenvalue weighted by molar-refractivity contribution is 7.09. The molecule has 3 aromatic rings. The van der Waals surface area contributed by atoms with Gasteiger partial charge in [0.2, 0.25) is 11.8 Å². The first-order valence-electron chi connectivity index (χ1n) is 8.78. The van der Waals surface area contributed by atoms with Crippen LogP contribution in [0.25, 0.3) is 0 Å². The van der Waals surface area contributed by atoms with E-state index < -0.39 is 0 Å². The zero-order chi connectivity index (χ0) is 19.9. The number of likely N-dealkylation sites (N-methyl/N-ethyl adjacent to an activating group) is 1. The quantitative estimate of drug-likeness (QED) is 0.606. The second-order valence-corrected chi connectivity index (χ2v) is 7.34. The summed E-state index contributed by atoms with van der Waals surface area (Å²) in [4.78, 5) is 31.9. The van der Waals surface area contributed by atoms with Crippen molar-refractivity contribution >= 4 is 17.2 Å². The molecular weight excluding hydrogens is 378 g/mol. The smallest absolute Gasteiger partial charge is 0.307 e. The van der Waals surface area contributed by atoms with E-state index in [9.17, 15) is 14.7 Å². The summed E-state index contributed by atoms with van der Waals surface area (Å²) < 4.78 is 5.70.